The van der Waals surface area contributed by atoms with Crippen LogP contribution in [0.1, 0.15) is 19.3 Å². The molecule has 4 atom stereocenters. The monoisotopic (exact) mass is 287 g/mol. The highest BCUT2D eigenvalue weighted by atomic mass is 32.2. The van der Waals surface area contributed by atoms with Gasteiger partial charge in [0.2, 0.25) is 5.91 Å². The summed E-state index contributed by atoms with van der Waals surface area (Å²) in [6.07, 6.45) is 1.97. The molecule has 1 amide bonds. The summed E-state index contributed by atoms with van der Waals surface area (Å²) in [6, 6.07) is 0.120. The zero-order valence-corrected chi connectivity index (χ0v) is 11.7. The molecule has 2 N–H and O–H groups in total. The Kier molecular flexibility index (Phi) is 3.26. The summed E-state index contributed by atoms with van der Waals surface area (Å²) in [5.74, 6) is 3.01. The molecule has 3 rings (SSSR count). The fraction of sp³-hybridized carbons (Fsp3) is 0.833. The average Bonchev–Trinajstić information content (AvgIpc) is 2.95. The molecule has 18 heavy (non-hydrogen) atoms. The van der Waals surface area contributed by atoms with Crippen molar-refractivity contribution in [1.82, 2.24) is 5.32 Å². The van der Waals surface area contributed by atoms with Crippen LogP contribution in [0.2, 0.25) is 0 Å². The van der Waals surface area contributed by atoms with Crippen LogP contribution < -0.4 is 5.32 Å². The van der Waals surface area contributed by atoms with Gasteiger partial charge in [0.15, 0.2) is 0 Å². The lowest BCUT2D eigenvalue weighted by Crippen LogP contribution is -2.48. The largest absolute Gasteiger partial charge is 0.481 e. The molecule has 100 valence electrons. The summed E-state index contributed by atoms with van der Waals surface area (Å²) in [6.45, 7) is 0. The molecule has 2 saturated carbocycles. The molecule has 0 aromatic heterocycles. The van der Waals surface area contributed by atoms with Gasteiger partial charge in [0, 0.05) is 35.0 Å². The van der Waals surface area contributed by atoms with Crippen molar-refractivity contribution in [2.45, 2.75) is 30.6 Å². The fourth-order valence-corrected chi connectivity index (χ4v) is 5.76. The SMILES string of the molecule is O=C(CC1CSCCS1)N[C@@H]1C[C@@]2(C(=O)O)C[C@@H]12. The maximum Gasteiger partial charge on any atom is 0.310 e. The molecule has 3 aliphatic rings. The second-order valence-corrected chi connectivity index (χ2v) is 7.98. The lowest BCUT2D eigenvalue weighted by atomic mass is 9.80. The Labute approximate surface area is 115 Å². The van der Waals surface area contributed by atoms with Gasteiger partial charge in [-0.15, -0.1) is 0 Å². The van der Waals surface area contributed by atoms with E-state index in [9.17, 15) is 9.59 Å². The molecular formula is C12H17NO3S2. The van der Waals surface area contributed by atoms with Crippen molar-refractivity contribution >= 4 is 35.4 Å². The van der Waals surface area contributed by atoms with Gasteiger partial charge in [-0.3, -0.25) is 9.59 Å². The molecule has 1 aliphatic heterocycles. The summed E-state index contributed by atoms with van der Waals surface area (Å²) < 4.78 is 0. The van der Waals surface area contributed by atoms with Gasteiger partial charge >= 0.3 is 5.97 Å². The fourth-order valence-electron chi connectivity index (χ4n) is 3.08. The van der Waals surface area contributed by atoms with Crippen molar-refractivity contribution in [3.05, 3.63) is 0 Å². The first-order valence-corrected chi connectivity index (χ1v) is 8.54. The number of thioether (sulfide) groups is 2. The first-order valence-electron chi connectivity index (χ1n) is 6.34. The quantitative estimate of drug-likeness (QED) is 0.813. The third kappa shape index (κ3) is 2.13. The third-order valence-corrected chi connectivity index (χ3v) is 7.12. The van der Waals surface area contributed by atoms with E-state index in [1.54, 1.807) is 0 Å². The van der Waals surface area contributed by atoms with Crippen LogP contribution in [0, 0.1) is 11.3 Å². The zero-order valence-electron chi connectivity index (χ0n) is 10.1. The van der Waals surface area contributed by atoms with Crippen molar-refractivity contribution in [3.63, 3.8) is 0 Å². The molecule has 1 saturated heterocycles. The molecule has 0 bridgehead atoms. The van der Waals surface area contributed by atoms with Crippen molar-refractivity contribution in [3.8, 4) is 0 Å². The molecule has 0 spiro atoms. The van der Waals surface area contributed by atoms with Crippen LogP contribution in [0.5, 0.6) is 0 Å². The maximum absolute atomic E-state index is 11.9. The highest BCUT2D eigenvalue weighted by molar-refractivity contribution is 8.06. The predicted molar refractivity (Wildman–Crippen MR) is 72.9 cm³/mol. The Balaban J connectivity index is 1.42. The lowest BCUT2D eigenvalue weighted by molar-refractivity contribution is -0.148. The van der Waals surface area contributed by atoms with Crippen LogP contribution in [0.3, 0.4) is 0 Å². The van der Waals surface area contributed by atoms with Gasteiger partial charge in [-0.05, 0) is 18.8 Å². The van der Waals surface area contributed by atoms with Gasteiger partial charge in [0.1, 0.15) is 0 Å². The first-order chi connectivity index (χ1) is 8.62. The second kappa shape index (κ2) is 4.63. The van der Waals surface area contributed by atoms with E-state index in [1.807, 2.05) is 23.5 Å². The Morgan fingerprint density at radius 2 is 2.17 bits per heavy atom. The van der Waals surface area contributed by atoms with Gasteiger partial charge in [-0.2, -0.15) is 23.5 Å². The lowest BCUT2D eigenvalue weighted by Gasteiger charge is -2.32. The summed E-state index contributed by atoms with van der Waals surface area (Å²) in [5, 5.41) is 12.5. The molecule has 1 heterocycles. The number of hydrogen-bond donors (Lipinski definition) is 2. The average molecular weight is 287 g/mol. The molecule has 1 unspecified atom stereocenters. The number of carbonyl (C=O) groups is 2. The Hall–Kier alpha value is -0.360. The van der Waals surface area contributed by atoms with Crippen LogP contribution in [-0.4, -0.2) is 45.5 Å². The summed E-state index contributed by atoms with van der Waals surface area (Å²) in [5.41, 5.74) is -0.465. The Morgan fingerprint density at radius 1 is 1.33 bits per heavy atom. The van der Waals surface area contributed by atoms with E-state index < -0.39 is 11.4 Å². The first kappa shape index (κ1) is 12.7. The molecule has 6 heteroatoms. The van der Waals surface area contributed by atoms with E-state index in [1.165, 1.54) is 5.75 Å². The smallest absolute Gasteiger partial charge is 0.310 e. The summed E-state index contributed by atoms with van der Waals surface area (Å²) >= 11 is 3.80. The van der Waals surface area contributed by atoms with E-state index >= 15 is 0 Å². The minimum absolute atomic E-state index is 0.103. The molecule has 4 nitrogen and oxygen atoms in total. The topological polar surface area (TPSA) is 66.4 Å². The molecular weight excluding hydrogens is 270 g/mol. The number of fused-ring (bicyclic) bond motifs is 1. The maximum atomic E-state index is 11.9. The van der Waals surface area contributed by atoms with Crippen molar-refractivity contribution in [1.29, 1.82) is 0 Å². The van der Waals surface area contributed by atoms with Gasteiger partial charge in [-0.25, -0.2) is 0 Å². The molecule has 0 aromatic rings. The number of carboxylic acids is 1. The predicted octanol–water partition coefficient (Wildman–Crippen LogP) is 1.20. The van der Waals surface area contributed by atoms with Crippen molar-refractivity contribution < 1.29 is 14.7 Å². The third-order valence-electron chi connectivity index (χ3n) is 4.27. The normalized spacial score (nSPS) is 41.4. The Bertz CT molecular complexity index is 384. The summed E-state index contributed by atoms with van der Waals surface area (Å²) in [4.78, 5) is 22.8. The Morgan fingerprint density at radius 3 is 2.72 bits per heavy atom. The number of hydrogen-bond acceptors (Lipinski definition) is 4. The molecule has 3 fully saturated rings. The van der Waals surface area contributed by atoms with E-state index in [-0.39, 0.29) is 17.9 Å². The number of amides is 1. The summed E-state index contributed by atoms with van der Waals surface area (Å²) in [7, 11) is 0. The van der Waals surface area contributed by atoms with Crippen LogP contribution in [0.15, 0.2) is 0 Å². The number of nitrogens with one attached hydrogen (secondary N) is 1. The highest BCUT2D eigenvalue weighted by Gasteiger charge is 2.72. The number of carbonyl (C=O) groups excluding carboxylic acids is 1. The van der Waals surface area contributed by atoms with Crippen molar-refractivity contribution in [2.24, 2.45) is 11.3 Å². The number of carboxylic acid groups (broad SMARTS) is 1. The number of aliphatic carboxylic acids is 1. The second-order valence-electron chi connectivity index (χ2n) is 5.42. The molecule has 0 aromatic carbocycles. The van der Waals surface area contributed by atoms with Gasteiger partial charge in [0.05, 0.1) is 5.41 Å². The van der Waals surface area contributed by atoms with Crippen molar-refractivity contribution in [2.75, 3.05) is 17.3 Å². The standard InChI is InChI=1S/C12H17NO3S2/c14-10(3-7-6-17-1-2-18-7)13-9-5-12(11(15)16)4-8(9)12/h7-9H,1-6H2,(H,13,14)(H,15,16)/t7?,8-,9+,12-/m0/s1. The van der Waals surface area contributed by atoms with E-state index in [4.69, 9.17) is 5.11 Å². The van der Waals surface area contributed by atoms with Crippen LogP contribution in [-0.2, 0) is 9.59 Å². The van der Waals surface area contributed by atoms with E-state index in [0.717, 1.165) is 17.9 Å². The van der Waals surface area contributed by atoms with Gasteiger partial charge in [0.25, 0.3) is 0 Å². The van der Waals surface area contributed by atoms with Crippen LogP contribution in [0.4, 0.5) is 0 Å². The van der Waals surface area contributed by atoms with Crippen LogP contribution >= 0.6 is 23.5 Å². The molecule has 2 aliphatic carbocycles. The minimum Gasteiger partial charge on any atom is -0.481 e. The van der Waals surface area contributed by atoms with Gasteiger partial charge < -0.3 is 10.4 Å². The molecule has 0 radical (unpaired) electrons. The number of rotatable bonds is 4. The highest BCUT2D eigenvalue weighted by Crippen LogP contribution is 2.67. The van der Waals surface area contributed by atoms with E-state index in [0.29, 0.717) is 18.1 Å². The van der Waals surface area contributed by atoms with Gasteiger partial charge in [-0.1, -0.05) is 0 Å². The van der Waals surface area contributed by atoms with Crippen LogP contribution in [0.25, 0.3) is 0 Å². The minimum atomic E-state index is -0.683. The zero-order chi connectivity index (χ0) is 12.8. The van der Waals surface area contributed by atoms with E-state index in [2.05, 4.69) is 5.32 Å².